The Hall–Kier alpha value is -3.75. The normalized spacial score (nSPS) is 16.5. The fourth-order valence-electron chi connectivity index (χ4n) is 5.42. The molecule has 1 fully saturated rings. The van der Waals surface area contributed by atoms with Crippen LogP contribution in [0.3, 0.4) is 0 Å². The van der Waals surface area contributed by atoms with Crippen molar-refractivity contribution in [2.24, 2.45) is 0 Å². The highest BCUT2D eigenvalue weighted by atomic mass is 19.4. The van der Waals surface area contributed by atoms with Crippen LogP contribution in [-0.4, -0.2) is 33.4 Å². The number of likely N-dealkylation sites (tertiary alicyclic amines) is 1. The van der Waals surface area contributed by atoms with E-state index in [0.717, 1.165) is 25.3 Å². The van der Waals surface area contributed by atoms with Gasteiger partial charge in [0.25, 0.3) is 5.91 Å². The van der Waals surface area contributed by atoms with Gasteiger partial charge in [0, 0.05) is 37.9 Å². The number of unbranched alkanes of at least 4 members (excludes halogenated alkanes) is 1. The number of nitrogens with zero attached hydrogens (tertiary/aromatic N) is 3. The lowest BCUT2D eigenvalue weighted by Gasteiger charge is -2.45. The molecule has 9 heteroatoms. The van der Waals surface area contributed by atoms with Crippen molar-refractivity contribution in [3.63, 3.8) is 0 Å². The van der Waals surface area contributed by atoms with Crippen LogP contribution in [0.1, 0.15) is 60.2 Å². The monoisotopic (exact) mass is 509 g/mol. The van der Waals surface area contributed by atoms with Gasteiger partial charge in [-0.05, 0) is 48.9 Å². The summed E-state index contributed by atoms with van der Waals surface area (Å²) >= 11 is 0. The average Bonchev–Trinajstić information content (AvgIpc) is 3.52. The number of hydrogen-bond acceptors (Lipinski definition) is 4. The number of rotatable bonds is 4. The molecule has 37 heavy (non-hydrogen) atoms. The first-order valence-electron chi connectivity index (χ1n) is 12.6. The van der Waals surface area contributed by atoms with Gasteiger partial charge >= 0.3 is 6.18 Å². The van der Waals surface area contributed by atoms with E-state index in [0.29, 0.717) is 65.6 Å². The van der Waals surface area contributed by atoms with E-state index in [4.69, 9.17) is 9.15 Å². The molecule has 0 saturated carbocycles. The van der Waals surface area contributed by atoms with Gasteiger partial charge in [0.15, 0.2) is 17.1 Å². The number of hydrogen-bond donors (Lipinski definition) is 0. The largest absolute Gasteiger partial charge is 0.479 e. The molecule has 2 aliphatic rings. The van der Waals surface area contributed by atoms with Crippen molar-refractivity contribution >= 4 is 17.0 Å². The van der Waals surface area contributed by atoms with Crippen molar-refractivity contribution in [2.75, 3.05) is 13.1 Å². The highest BCUT2D eigenvalue weighted by Crippen LogP contribution is 2.48. The van der Waals surface area contributed by atoms with Crippen molar-refractivity contribution in [3.8, 4) is 11.4 Å². The molecule has 6 rings (SSSR count). The number of halogens is 3. The predicted molar refractivity (Wildman–Crippen MR) is 131 cm³/mol. The van der Waals surface area contributed by atoms with Crippen molar-refractivity contribution in [1.29, 1.82) is 0 Å². The molecule has 0 radical (unpaired) electrons. The van der Waals surface area contributed by atoms with Gasteiger partial charge in [-0.1, -0.05) is 25.5 Å². The molecule has 0 atom stereocenters. The van der Waals surface area contributed by atoms with Crippen LogP contribution < -0.4 is 4.74 Å². The Labute approximate surface area is 211 Å². The second-order valence-electron chi connectivity index (χ2n) is 9.69. The second-order valence-corrected chi connectivity index (χ2v) is 9.69. The van der Waals surface area contributed by atoms with E-state index in [1.165, 1.54) is 10.6 Å². The minimum atomic E-state index is -4.50. The summed E-state index contributed by atoms with van der Waals surface area (Å²) in [5, 5.41) is 0. The molecule has 0 N–H and O–H groups in total. The Kier molecular flexibility index (Phi) is 5.54. The highest BCUT2D eigenvalue weighted by molar-refractivity contribution is 5.97. The Balaban J connectivity index is 1.26. The van der Waals surface area contributed by atoms with E-state index >= 15 is 0 Å². The Bertz CT molecular complexity index is 1480. The number of alkyl halides is 3. The molecule has 0 aliphatic carbocycles. The molecule has 2 aliphatic heterocycles. The van der Waals surface area contributed by atoms with E-state index < -0.39 is 17.5 Å². The van der Waals surface area contributed by atoms with Crippen LogP contribution in [-0.2, 0) is 18.2 Å². The molecule has 1 saturated heterocycles. The zero-order chi connectivity index (χ0) is 25.8. The van der Waals surface area contributed by atoms with Crippen LogP contribution in [0.5, 0.6) is 5.75 Å². The van der Waals surface area contributed by atoms with Crippen LogP contribution in [0.4, 0.5) is 13.2 Å². The highest BCUT2D eigenvalue weighted by Gasteiger charge is 2.48. The standard InChI is InChI=1S/C28H26F3N3O3/c1-2-3-8-25-32-19-17-18(9-10-21(19)36-25)26(35)33-15-13-27(14-16-33)23-11-12-24(28(29,30)31)34(23)20-6-4-5-7-22(20)37-27/h4-7,9-12,17H,2-3,8,13-16H2,1H3. The summed E-state index contributed by atoms with van der Waals surface area (Å²) < 4.78 is 55.0. The third kappa shape index (κ3) is 3.97. The van der Waals surface area contributed by atoms with Gasteiger partial charge in [-0.25, -0.2) is 4.98 Å². The van der Waals surface area contributed by atoms with Crippen molar-refractivity contribution in [3.05, 3.63) is 77.4 Å². The van der Waals surface area contributed by atoms with Gasteiger partial charge in [-0.15, -0.1) is 0 Å². The Morgan fingerprint density at radius 2 is 1.86 bits per heavy atom. The van der Waals surface area contributed by atoms with Crippen molar-refractivity contribution in [2.45, 2.75) is 50.8 Å². The number of oxazole rings is 1. The molecular formula is C28H26F3N3O3. The molecule has 0 bridgehead atoms. The molecule has 4 aromatic rings. The molecule has 2 aromatic heterocycles. The Morgan fingerprint density at radius 1 is 1.08 bits per heavy atom. The molecule has 0 unspecified atom stereocenters. The van der Waals surface area contributed by atoms with E-state index in [2.05, 4.69) is 11.9 Å². The number of ether oxygens (including phenoxy) is 1. The number of carbonyl (C=O) groups is 1. The lowest BCUT2D eigenvalue weighted by molar-refractivity contribution is -0.143. The third-order valence-corrected chi connectivity index (χ3v) is 7.33. The SMILES string of the molecule is CCCCc1nc2cc(C(=O)N3CCC4(CC3)Oc3ccccc3-n3c(C(F)(F)F)ccc34)ccc2o1. The van der Waals surface area contributed by atoms with Gasteiger partial charge in [0.1, 0.15) is 17.0 Å². The summed E-state index contributed by atoms with van der Waals surface area (Å²) in [6.45, 7) is 2.81. The molecule has 1 spiro atoms. The lowest BCUT2D eigenvalue weighted by atomic mass is 9.86. The third-order valence-electron chi connectivity index (χ3n) is 7.33. The first-order valence-corrected chi connectivity index (χ1v) is 12.6. The topological polar surface area (TPSA) is 60.5 Å². The van der Waals surface area contributed by atoms with Crippen molar-refractivity contribution in [1.82, 2.24) is 14.5 Å². The van der Waals surface area contributed by atoms with Gasteiger partial charge in [-0.3, -0.25) is 4.79 Å². The summed E-state index contributed by atoms with van der Waals surface area (Å²) in [6.07, 6.45) is -0.977. The Morgan fingerprint density at radius 3 is 2.62 bits per heavy atom. The molecule has 2 aromatic carbocycles. The number of carbonyl (C=O) groups excluding carboxylic acids is 1. The fourth-order valence-corrected chi connectivity index (χ4v) is 5.42. The summed E-state index contributed by atoms with van der Waals surface area (Å²) in [4.78, 5) is 19.6. The maximum atomic E-state index is 13.9. The molecule has 4 heterocycles. The average molecular weight is 510 g/mol. The second kappa shape index (κ2) is 8.68. The molecular weight excluding hydrogens is 483 g/mol. The van der Waals surface area contributed by atoms with Crippen LogP contribution in [0.15, 0.2) is 59.0 Å². The van der Waals surface area contributed by atoms with Crippen LogP contribution in [0.2, 0.25) is 0 Å². The van der Waals surface area contributed by atoms with E-state index in [1.807, 2.05) is 0 Å². The number of piperidine rings is 1. The lowest BCUT2D eigenvalue weighted by Crippen LogP contribution is -2.50. The smallest absolute Gasteiger partial charge is 0.431 e. The maximum Gasteiger partial charge on any atom is 0.431 e. The van der Waals surface area contributed by atoms with E-state index in [-0.39, 0.29) is 5.91 Å². The number of fused-ring (bicyclic) bond motifs is 5. The van der Waals surface area contributed by atoms with Gasteiger partial charge in [0.05, 0.1) is 11.4 Å². The first-order chi connectivity index (χ1) is 17.8. The zero-order valence-electron chi connectivity index (χ0n) is 20.3. The first kappa shape index (κ1) is 23.6. The van der Waals surface area contributed by atoms with Crippen LogP contribution >= 0.6 is 0 Å². The summed E-state index contributed by atoms with van der Waals surface area (Å²) in [5.41, 5.74) is 0.976. The molecule has 192 valence electrons. The van der Waals surface area contributed by atoms with E-state index in [1.54, 1.807) is 47.4 Å². The van der Waals surface area contributed by atoms with E-state index in [9.17, 15) is 18.0 Å². The van der Waals surface area contributed by atoms with Crippen molar-refractivity contribution < 1.29 is 27.1 Å². The van der Waals surface area contributed by atoms with Gasteiger partial charge in [0.2, 0.25) is 0 Å². The fraction of sp³-hybridized carbons (Fsp3) is 0.357. The minimum absolute atomic E-state index is 0.141. The van der Waals surface area contributed by atoms with Crippen LogP contribution in [0.25, 0.3) is 16.8 Å². The number of benzene rings is 2. The number of amides is 1. The summed E-state index contributed by atoms with van der Waals surface area (Å²) in [7, 11) is 0. The maximum absolute atomic E-state index is 13.9. The quantitative estimate of drug-likeness (QED) is 0.315. The zero-order valence-corrected chi connectivity index (χ0v) is 20.3. The van der Waals surface area contributed by atoms with Crippen LogP contribution in [0, 0.1) is 0 Å². The minimum Gasteiger partial charge on any atom is -0.479 e. The molecule has 6 nitrogen and oxygen atoms in total. The summed E-state index contributed by atoms with van der Waals surface area (Å²) in [6, 6.07) is 14.6. The number of aromatic nitrogens is 2. The van der Waals surface area contributed by atoms with Gasteiger partial charge < -0.3 is 18.6 Å². The number of aryl methyl sites for hydroxylation is 1. The molecule has 1 amide bonds. The summed E-state index contributed by atoms with van der Waals surface area (Å²) in [5.74, 6) is 0.932. The van der Waals surface area contributed by atoms with Gasteiger partial charge in [-0.2, -0.15) is 13.2 Å². The predicted octanol–water partition coefficient (Wildman–Crippen LogP) is 6.50. The number of para-hydroxylation sites is 2.